The molecule has 0 atom stereocenters. The molecular formula is C11H6BrClFN3O. The Hall–Kier alpha value is -1.53. The Bertz CT molecular complexity index is 609. The molecule has 1 aromatic heterocycles. The number of halogens is 3. The van der Waals surface area contributed by atoms with Crippen LogP contribution in [0, 0.1) is 5.82 Å². The molecule has 0 unspecified atom stereocenters. The van der Waals surface area contributed by atoms with Crippen LogP contribution < -0.4 is 5.32 Å². The fraction of sp³-hybridized carbons (Fsp3) is 0. The number of carbonyl (C=O) groups is 1. The summed E-state index contributed by atoms with van der Waals surface area (Å²) in [6, 6.07) is 5.65. The second kappa shape index (κ2) is 5.41. The van der Waals surface area contributed by atoms with Gasteiger partial charge in [0, 0.05) is 6.20 Å². The van der Waals surface area contributed by atoms with E-state index in [4.69, 9.17) is 11.6 Å². The Morgan fingerprint density at radius 2 is 2.17 bits per heavy atom. The molecule has 0 aliphatic carbocycles. The number of carbonyl (C=O) groups excluding carboxylic acids is 1. The summed E-state index contributed by atoms with van der Waals surface area (Å²) < 4.78 is 13.4. The number of hydrogen-bond acceptors (Lipinski definition) is 3. The number of amides is 1. The zero-order chi connectivity index (χ0) is 13.1. The zero-order valence-corrected chi connectivity index (χ0v) is 11.2. The van der Waals surface area contributed by atoms with Gasteiger partial charge in [0.25, 0.3) is 5.91 Å². The molecule has 0 bridgehead atoms. The first-order valence-electron chi connectivity index (χ1n) is 4.82. The molecule has 0 radical (unpaired) electrons. The fourth-order valence-corrected chi connectivity index (χ4v) is 1.83. The van der Waals surface area contributed by atoms with Gasteiger partial charge in [-0.3, -0.25) is 10.1 Å². The van der Waals surface area contributed by atoms with Crippen molar-refractivity contribution in [3.8, 4) is 0 Å². The summed E-state index contributed by atoms with van der Waals surface area (Å²) >= 11 is 8.67. The van der Waals surface area contributed by atoms with Crippen molar-refractivity contribution < 1.29 is 9.18 Å². The van der Waals surface area contributed by atoms with Gasteiger partial charge < -0.3 is 0 Å². The minimum absolute atomic E-state index is 0.0589. The van der Waals surface area contributed by atoms with E-state index in [1.165, 1.54) is 30.5 Å². The standard InChI is InChI=1S/C11H6BrClFN3O/c12-9-6(2-1-3-7(9)14)10(18)17-11-15-5-4-8(13)16-11/h1-5H,(H,15,16,17,18). The molecule has 18 heavy (non-hydrogen) atoms. The predicted octanol–water partition coefficient (Wildman–Crippen LogP) is 3.28. The lowest BCUT2D eigenvalue weighted by molar-refractivity contribution is 0.102. The molecule has 2 aromatic rings. The first-order valence-corrected chi connectivity index (χ1v) is 5.99. The number of anilines is 1. The third kappa shape index (κ3) is 2.83. The average Bonchev–Trinajstić information content (AvgIpc) is 2.32. The van der Waals surface area contributed by atoms with Crippen molar-refractivity contribution in [3.05, 3.63) is 51.5 Å². The van der Waals surface area contributed by atoms with Crippen molar-refractivity contribution in [2.45, 2.75) is 0 Å². The maximum Gasteiger partial charge on any atom is 0.259 e. The number of hydrogen-bond donors (Lipinski definition) is 1. The van der Waals surface area contributed by atoms with E-state index in [1.807, 2.05) is 0 Å². The molecule has 0 aliphatic heterocycles. The Labute approximate surface area is 115 Å². The Morgan fingerprint density at radius 3 is 2.89 bits per heavy atom. The van der Waals surface area contributed by atoms with Crippen molar-refractivity contribution in [3.63, 3.8) is 0 Å². The molecule has 0 aliphatic rings. The van der Waals surface area contributed by atoms with Gasteiger partial charge in [-0.1, -0.05) is 17.7 Å². The lowest BCUT2D eigenvalue weighted by Crippen LogP contribution is -2.15. The van der Waals surface area contributed by atoms with Crippen LogP contribution in [0.4, 0.5) is 10.3 Å². The molecule has 0 saturated carbocycles. The number of aromatic nitrogens is 2. The van der Waals surface area contributed by atoms with E-state index >= 15 is 0 Å². The van der Waals surface area contributed by atoms with E-state index in [0.29, 0.717) is 0 Å². The smallest absolute Gasteiger partial charge is 0.259 e. The summed E-state index contributed by atoms with van der Waals surface area (Å²) in [7, 11) is 0. The molecule has 92 valence electrons. The van der Waals surface area contributed by atoms with Crippen LogP contribution in [0.3, 0.4) is 0 Å². The highest BCUT2D eigenvalue weighted by molar-refractivity contribution is 9.10. The van der Waals surface area contributed by atoms with Crippen molar-refractivity contribution in [1.29, 1.82) is 0 Å². The monoisotopic (exact) mass is 329 g/mol. The molecule has 1 aromatic carbocycles. The molecular weight excluding hydrogens is 324 g/mol. The molecule has 4 nitrogen and oxygen atoms in total. The second-order valence-electron chi connectivity index (χ2n) is 3.26. The van der Waals surface area contributed by atoms with E-state index in [-0.39, 0.29) is 21.1 Å². The summed E-state index contributed by atoms with van der Waals surface area (Å²) in [6.07, 6.45) is 1.41. The van der Waals surface area contributed by atoms with E-state index in [9.17, 15) is 9.18 Å². The Morgan fingerprint density at radius 1 is 1.39 bits per heavy atom. The normalized spacial score (nSPS) is 10.2. The summed E-state index contributed by atoms with van der Waals surface area (Å²) in [5.74, 6) is -0.984. The average molecular weight is 331 g/mol. The van der Waals surface area contributed by atoms with E-state index in [1.54, 1.807) is 0 Å². The van der Waals surface area contributed by atoms with Gasteiger partial charge in [0.15, 0.2) is 0 Å². The lowest BCUT2D eigenvalue weighted by atomic mass is 10.2. The summed E-state index contributed by atoms with van der Waals surface area (Å²) in [4.78, 5) is 19.5. The molecule has 0 saturated heterocycles. The minimum atomic E-state index is -0.524. The topological polar surface area (TPSA) is 54.9 Å². The van der Waals surface area contributed by atoms with Crippen molar-refractivity contribution >= 4 is 39.4 Å². The first-order chi connectivity index (χ1) is 8.58. The van der Waals surface area contributed by atoms with Crippen LogP contribution in [0.15, 0.2) is 34.9 Å². The van der Waals surface area contributed by atoms with Gasteiger partial charge in [0.1, 0.15) is 11.0 Å². The number of rotatable bonds is 2. The van der Waals surface area contributed by atoms with Crippen LogP contribution >= 0.6 is 27.5 Å². The van der Waals surface area contributed by atoms with E-state index < -0.39 is 11.7 Å². The quantitative estimate of drug-likeness (QED) is 0.860. The highest BCUT2D eigenvalue weighted by Gasteiger charge is 2.14. The molecule has 2 rings (SSSR count). The molecule has 1 amide bonds. The number of benzene rings is 1. The Kier molecular flexibility index (Phi) is 3.88. The van der Waals surface area contributed by atoms with Gasteiger partial charge in [-0.2, -0.15) is 0 Å². The van der Waals surface area contributed by atoms with Crippen LogP contribution in [0.5, 0.6) is 0 Å². The van der Waals surface area contributed by atoms with Gasteiger partial charge in [0.2, 0.25) is 5.95 Å². The minimum Gasteiger partial charge on any atom is -0.290 e. The van der Waals surface area contributed by atoms with Crippen LogP contribution in [-0.4, -0.2) is 15.9 Å². The van der Waals surface area contributed by atoms with Crippen molar-refractivity contribution in [2.75, 3.05) is 5.32 Å². The van der Waals surface area contributed by atoms with Gasteiger partial charge in [0.05, 0.1) is 10.0 Å². The van der Waals surface area contributed by atoms with Gasteiger partial charge in [-0.15, -0.1) is 0 Å². The van der Waals surface area contributed by atoms with Crippen LogP contribution in [0.2, 0.25) is 5.15 Å². The summed E-state index contributed by atoms with van der Waals surface area (Å²) in [6.45, 7) is 0. The summed E-state index contributed by atoms with van der Waals surface area (Å²) in [5.41, 5.74) is 0.151. The predicted molar refractivity (Wildman–Crippen MR) is 69.1 cm³/mol. The maximum absolute atomic E-state index is 13.3. The van der Waals surface area contributed by atoms with Crippen molar-refractivity contribution in [2.24, 2.45) is 0 Å². The lowest BCUT2D eigenvalue weighted by Gasteiger charge is -2.05. The van der Waals surface area contributed by atoms with E-state index in [0.717, 1.165) is 0 Å². The molecule has 1 heterocycles. The third-order valence-corrected chi connectivity index (χ3v) is 3.06. The third-order valence-electron chi connectivity index (χ3n) is 2.04. The largest absolute Gasteiger partial charge is 0.290 e. The molecule has 1 N–H and O–H groups in total. The highest BCUT2D eigenvalue weighted by atomic mass is 79.9. The zero-order valence-electron chi connectivity index (χ0n) is 8.82. The van der Waals surface area contributed by atoms with Gasteiger partial charge in [-0.05, 0) is 34.1 Å². The maximum atomic E-state index is 13.3. The highest BCUT2D eigenvalue weighted by Crippen LogP contribution is 2.21. The second-order valence-corrected chi connectivity index (χ2v) is 4.44. The van der Waals surface area contributed by atoms with Crippen LogP contribution in [0.1, 0.15) is 10.4 Å². The van der Waals surface area contributed by atoms with Crippen molar-refractivity contribution in [1.82, 2.24) is 9.97 Å². The fourth-order valence-electron chi connectivity index (χ4n) is 1.24. The summed E-state index contributed by atoms with van der Waals surface area (Å²) in [5, 5.41) is 2.63. The van der Waals surface area contributed by atoms with Gasteiger partial charge >= 0.3 is 0 Å². The Balaban J connectivity index is 2.25. The molecule has 7 heteroatoms. The SMILES string of the molecule is O=C(Nc1nccc(Cl)n1)c1cccc(F)c1Br. The number of nitrogens with zero attached hydrogens (tertiary/aromatic N) is 2. The molecule has 0 fully saturated rings. The first kappa shape index (κ1) is 12.9. The molecule has 0 spiro atoms. The van der Waals surface area contributed by atoms with Gasteiger partial charge in [-0.25, -0.2) is 14.4 Å². The van der Waals surface area contributed by atoms with E-state index in [2.05, 4.69) is 31.2 Å². The van der Waals surface area contributed by atoms with Crippen LogP contribution in [-0.2, 0) is 0 Å². The number of nitrogens with one attached hydrogen (secondary N) is 1. The van der Waals surface area contributed by atoms with Crippen LogP contribution in [0.25, 0.3) is 0 Å².